The van der Waals surface area contributed by atoms with Gasteiger partial charge in [0.05, 0.1) is 18.8 Å². The van der Waals surface area contributed by atoms with E-state index in [4.69, 9.17) is 0 Å². The lowest BCUT2D eigenvalue weighted by molar-refractivity contribution is -0.131. The van der Waals surface area contributed by atoms with Crippen molar-refractivity contribution in [3.63, 3.8) is 0 Å². The van der Waals surface area contributed by atoms with E-state index in [1.807, 2.05) is 0 Å². The molecule has 3 atom stereocenters. The van der Waals surface area contributed by atoms with Crippen LogP contribution >= 0.6 is 0 Å². The lowest BCUT2D eigenvalue weighted by atomic mass is 10.0. The Kier molecular flexibility index (Phi) is 45.5. The third-order valence-corrected chi connectivity index (χ3v) is 12.2. The normalized spacial score (nSPS) is 13.3. The lowest BCUT2D eigenvalue weighted by Gasteiger charge is -2.23. The summed E-state index contributed by atoms with van der Waals surface area (Å²) < 4.78 is 0. The molecule has 0 aliphatic carbocycles. The summed E-state index contributed by atoms with van der Waals surface area (Å²) in [4.78, 5) is 12.5. The van der Waals surface area contributed by atoms with Crippen molar-refractivity contribution >= 4 is 5.91 Å². The molecule has 5 nitrogen and oxygen atoms in total. The van der Waals surface area contributed by atoms with Crippen LogP contribution in [0.5, 0.6) is 0 Å². The number of aliphatic hydroxyl groups excluding tert-OH is 3. The van der Waals surface area contributed by atoms with Gasteiger partial charge in [-0.1, -0.05) is 277 Å². The van der Waals surface area contributed by atoms with Gasteiger partial charge in [-0.15, -0.1) is 0 Å². The number of carbonyl (C=O) groups is 1. The Balaban J connectivity index is 3.51. The van der Waals surface area contributed by atoms with Gasteiger partial charge in [0.2, 0.25) is 5.91 Å². The maximum atomic E-state index is 12.5. The Morgan fingerprint density at radius 3 is 0.818 bits per heavy atom. The van der Waals surface area contributed by atoms with Crippen molar-refractivity contribution in [1.82, 2.24) is 5.32 Å². The van der Waals surface area contributed by atoms with Gasteiger partial charge in [-0.25, -0.2) is 0 Å². The highest BCUT2D eigenvalue weighted by Gasteiger charge is 2.23. The molecule has 330 valence electrons. The number of rotatable bonds is 47. The highest BCUT2D eigenvalue weighted by molar-refractivity contribution is 5.80. The van der Waals surface area contributed by atoms with Gasteiger partial charge in [-0.05, 0) is 12.8 Å². The van der Waals surface area contributed by atoms with Crippen molar-refractivity contribution in [2.24, 2.45) is 0 Å². The molecule has 0 spiro atoms. The second-order valence-electron chi connectivity index (χ2n) is 17.7. The van der Waals surface area contributed by atoms with Crippen molar-refractivity contribution in [2.45, 2.75) is 308 Å². The predicted molar refractivity (Wildman–Crippen MR) is 241 cm³/mol. The minimum absolute atomic E-state index is 0.308. The van der Waals surface area contributed by atoms with Gasteiger partial charge in [0.15, 0.2) is 0 Å². The quantitative estimate of drug-likeness (QED) is 0.0463. The van der Waals surface area contributed by atoms with Gasteiger partial charge < -0.3 is 20.6 Å². The van der Waals surface area contributed by atoms with Crippen LogP contribution in [0.1, 0.15) is 290 Å². The molecule has 0 radical (unpaired) electrons. The maximum absolute atomic E-state index is 12.5. The summed E-state index contributed by atoms with van der Waals surface area (Å²) in [6.45, 7) is 4.26. The van der Waals surface area contributed by atoms with Crippen LogP contribution in [0.2, 0.25) is 0 Å². The summed E-state index contributed by atoms with van der Waals surface area (Å²) in [6, 6.07) is -0.706. The van der Waals surface area contributed by atoms with Crippen LogP contribution in [0.4, 0.5) is 0 Å². The Hall–Kier alpha value is -0.650. The molecule has 55 heavy (non-hydrogen) atoms. The first-order valence-electron chi connectivity index (χ1n) is 25.3. The standard InChI is InChI=1S/C50H101NO4/c1-3-5-7-9-11-13-15-17-19-21-22-23-24-25-26-27-28-29-31-33-35-37-39-41-43-45-49(54)50(55)51-47(46-52)48(53)44-42-40-38-36-34-32-30-20-18-16-14-12-10-8-6-4-2/h47-49,52-54H,3-46H2,1-2H3,(H,51,55). The van der Waals surface area contributed by atoms with Crippen molar-refractivity contribution in [2.75, 3.05) is 6.61 Å². The highest BCUT2D eigenvalue weighted by atomic mass is 16.3. The van der Waals surface area contributed by atoms with Crippen LogP contribution in [0.25, 0.3) is 0 Å². The zero-order chi connectivity index (χ0) is 40.1. The lowest BCUT2D eigenvalue weighted by Crippen LogP contribution is -2.49. The number of hydrogen-bond donors (Lipinski definition) is 4. The molecule has 0 rings (SSSR count). The average molecular weight is 780 g/mol. The van der Waals surface area contributed by atoms with Gasteiger partial charge in [0.25, 0.3) is 0 Å². The Labute approximate surface area is 345 Å². The predicted octanol–water partition coefficient (Wildman–Crippen LogP) is 15.0. The third kappa shape index (κ3) is 41.3. The summed E-state index contributed by atoms with van der Waals surface area (Å²) in [5.74, 6) is -0.464. The van der Waals surface area contributed by atoms with Crippen molar-refractivity contribution < 1.29 is 20.1 Å². The molecule has 0 aromatic carbocycles. The Morgan fingerprint density at radius 1 is 0.364 bits per heavy atom. The van der Waals surface area contributed by atoms with Crippen LogP contribution < -0.4 is 5.32 Å². The van der Waals surface area contributed by atoms with E-state index in [0.29, 0.717) is 12.8 Å². The number of carbonyl (C=O) groups excluding carboxylic acids is 1. The van der Waals surface area contributed by atoms with Gasteiger partial charge in [-0.3, -0.25) is 4.79 Å². The molecule has 0 heterocycles. The number of unbranched alkanes of at least 4 members (excludes halogenated alkanes) is 39. The number of amides is 1. The topological polar surface area (TPSA) is 89.8 Å². The van der Waals surface area contributed by atoms with Crippen LogP contribution in [0.15, 0.2) is 0 Å². The van der Waals surface area contributed by atoms with E-state index in [0.717, 1.165) is 32.1 Å². The van der Waals surface area contributed by atoms with Gasteiger partial charge in [0.1, 0.15) is 6.10 Å². The fourth-order valence-corrected chi connectivity index (χ4v) is 8.25. The van der Waals surface area contributed by atoms with Crippen molar-refractivity contribution in [1.29, 1.82) is 0 Å². The van der Waals surface area contributed by atoms with Crippen molar-refractivity contribution in [3.8, 4) is 0 Å². The molecule has 5 heteroatoms. The zero-order valence-corrected chi connectivity index (χ0v) is 37.6. The van der Waals surface area contributed by atoms with E-state index in [1.54, 1.807) is 0 Å². The van der Waals surface area contributed by atoms with Gasteiger partial charge >= 0.3 is 0 Å². The number of aliphatic hydroxyl groups is 3. The van der Waals surface area contributed by atoms with Gasteiger partial charge in [0, 0.05) is 0 Å². The van der Waals surface area contributed by atoms with Crippen LogP contribution in [0, 0.1) is 0 Å². The summed E-state index contributed by atoms with van der Waals surface area (Å²) in [5, 5.41) is 33.4. The summed E-state index contributed by atoms with van der Waals surface area (Å²) in [6.07, 6.45) is 54.1. The van der Waals surface area contributed by atoms with Crippen LogP contribution in [-0.2, 0) is 4.79 Å². The Morgan fingerprint density at radius 2 is 0.582 bits per heavy atom. The van der Waals surface area contributed by atoms with E-state index < -0.39 is 24.2 Å². The van der Waals surface area contributed by atoms with Crippen molar-refractivity contribution in [3.05, 3.63) is 0 Å². The molecule has 0 bridgehead atoms. The fourth-order valence-electron chi connectivity index (χ4n) is 8.25. The number of nitrogens with one attached hydrogen (secondary N) is 1. The molecule has 4 N–H and O–H groups in total. The van der Waals surface area contributed by atoms with E-state index >= 15 is 0 Å². The smallest absolute Gasteiger partial charge is 0.249 e. The molecule has 0 aliphatic heterocycles. The molecule has 3 unspecified atom stereocenters. The minimum Gasteiger partial charge on any atom is -0.394 e. The summed E-state index contributed by atoms with van der Waals surface area (Å²) in [7, 11) is 0. The largest absolute Gasteiger partial charge is 0.394 e. The molecule has 0 aliphatic rings. The fraction of sp³-hybridized carbons (Fsp3) is 0.980. The molecule has 0 fully saturated rings. The molecule has 0 aromatic heterocycles. The van der Waals surface area contributed by atoms with Gasteiger partial charge in [-0.2, -0.15) is 0 Å². The second-order valence-corrected chi connectivity index (χ2v) is 17.7. The van der Waals surface area contributed by atoms with E-state index in [2.05, 4.69) is 19.2 Å². The van der Waals surface area contributed by atoms with E-state index in [9.17, 15) is 20.1 Å². The van der Waals surface area contributed by atoms with Crippen LogP contribution in [0.3, 0.4) is 0 Å². The van der Waals surface area contributed by atoms with E-state index in [-0.39, 0.29) is 6.61 Å². The average Bonchev–Trinajstić information content (AvgIpc) is 3.19. The van der Waals surface area contributed by atoms with Crippen LogP contribution in [-0.4, -0.2) is 46.1 Å². The second kappa shape index (κ2) is 46.0. The minimum atomic E-state index is -1.07. The molecule has 0 saturated carbocycles. The third-order valence-electron chi connectivity index (χ3n) is 12.2. The molecule has 0 aromatic rings. The first-order valence-corrected chi connectivity index (χ1v) is 25.3. The Bertz CT molecular complexity index is 733. The molecular weight excluding hydrogens is 679 g/mol. The molecular formula is C50H101NO4. The first-order chi connectivity index (χ1) is 27.1. The first kappa shape index (κ1) is 54.3. The maximum Gasteiger partial charge on any atom is 0.249 e. The monoisotopic (exact) mass is 780 g/mol. The number of hydrogen-bond acceptors (Lipinski definition) is 4. The summed E-state index contributed by atoms with van der Waals surface area (Å²) >= 11 is 0. The molecule has 1 amide bonds. The SMILES string of the molecule is CCCCCCCCCCCCCCCCCCCCCCCCCCCC(O)C(=O)NC(CO)C(O)CCCCCCCCCCCCCCCCCC. The van der Waals surface area contributed by atoms with E-state index in [1.165, 1.54) is 231 Å². The summed E-state index contributed by atoms with van der Waals surface area (Å²) in [5.41, 5.74) is 0. The molecule has 0 saturated heterocycles. The highest BCUT2D eigenvalue weighted by Crippen LogP contribution is 2.18. The zero-order valence-electron chi connectivity index (χ0n) is 37.6.